The number of thioether (sulfide) groups is 1. The van der Waals surface area contributed by atoms with Crippen LogP contribution in [-0.2, 0) is 0 Å². The zero-order chi connectivity index (χ0) is 7.66. The van der Waals surface area contributed by atoms with Crippen LogP contribution in [0.5, 0.6) is 0 Å². The molecule has 0 atom stereocenters. The van der Waals surface area contributed by atoms with E-state index in [4.69, 9.17) is 0 Å². The molecule has 0 aliphatic carbocycles. The molecule has 10 heavy (non-hydrogen) atoms. The highest BCUT2D eigenvalue weighted by Crippen LogP contribution is 1.99. The van der Waals surface area contributed by atoms with Crippen LogP contribution in [0.3, 0.4) is 0 Å². The van der Waals surface area contributed by atoms with Gasteiger partial charge in [-0.3, -0.25) is 0 Å². The average molecular weight is 179 g/mol. The van der Waals surface area contributed by atoms with Gasteiger partial charge in [0.15, 0.2) is 0 Å². The fourth-order valence-corrected chi connectivity index (χ4v) is 1.53. The molecule has 3 heteroatoms. The summed E-state index contributed by atoms with van der Waals surface area (Å²) >= 11 is 6.11. The maximum Gasteiger partial charge on any atom is 0.00581 e. The van der Waals surface area contributed by atoms with Gasteiger partial charge in [0.05, 0.1) is 0 Å². The first kappa shape index (κ1) is 10.7. The lowest BCUT2D eigenvalue weighted by Gasteiger charge is -2.00. The molecule has 62 valence electrons. The van der Waals surface area contributed by atoms with E-state index < -0.39 is 0 Å². The summed E-state index contributed by atoms with van der Waals surface area (Å²) < 4.78 is 0. The third kappa shape index (κ3) is 8.66. The van der Waals surface area contributed by atoms with Crippen molar-refractivity contribution in [2.45, 2.75) is 13.3 Å². The molecule has 0 radical (unpaired) electrons. The summed E-state index contributed by atoms with van der Waals surface area (Å²) in [5.41, 5.74) is 0. The lowest BCUT2D eigenvalue weighted by atomic mass is 10.6. The second-order valence-electron chi connectivity index (χ2n) is 2.09. The molecule has 0 bridgehead atoms. The lowest BCUT2D eigenvalue weighted by molar-refractivity contribution is 0.775. The topological polar surface area (TPSA) is 12.0 Å². The van der Waals surface area contributed by atoms with Gasteiger partial charge in [-0.05, 0) is 12.2 Å². The second-order valence-corrected chi connectivity index (χ2v) is 3.76. The molecule has 0 unspecified atom stereocenters. The van der Waals surface area contributed by atoms with Crippen molar-refractivity contribution in [3.8, 4) is 0 Å². The summed E-state index contributed by atoms with van der Waals surface area (Å²) in [6, 6.07) is 0. The molecular weight excluding hydrogens is 162 g/mol. The van der Waals surface area contributed by atoms with E-state index in [1.807, 2.05) is 11.8 Å². The van der Waals surface area contributed by atoms with Crippen LogP contribution in [0.1, 0.15) is 13.3 Å². The van der Waals surface area contributed by atoms with E-state index in [0.717, 1.165) is 18.8 Å². The number of rotatable bonds is 7. The first-order valence-electron chi connectivity index (χ1n) is 3.81. The minimum absolute atomic E-state index is 0.943. The monoisotopic (exact) mass is 179 g/mol. The van der Waals surface area contributed by atoms with Crippen molar-refractivity contribution in [1.82, 2.24) is 5.32 Å². The van der Waals surface area contributed by atoms with E-state index >= 15 is 0 Å². The highest BCUT2D eigenvalue weighted by molar-refractivity contribution is 7.99. The van der Waals surface area contributed by atoms with E-state index in [-0.39, 0.29) is 0 Å². The van der Waals surface area contributed by atoms with Crippen LogP contribution in [0.25, 0.3) is 0 Å². The highest BCUT2D eigenvalue weighted by Gasteiger charge is 1.85. The molecule has 0 rings (SSSR count). The van der Waals surface area contributed by atoms with E-state index in [1.165, 1.54) is 17.9 Å². The quantitative estimate of drug-likeness (QED) is 0.455. The van der Waals surface area contributed by atoms with Crippen LogP contribution >= 0.6 is 24.4 Å². The van der Waals surface area contributed by atoms with Gasteiger partial charge in [0.2, 0.25) is 0 Å². The van der Waals surface area contributed by atoms with Crippen molar-refractivity contribution in [2.75, 3.05) is 30.3 Å². The van der Waals surface area contributed by atoms with Crippen LogP contribution in [0, 0.1) is 0 Å². The fourth-order valence-electron chi connectivity index (χ4n) is 0.595. The Morgan fingerprint density at radius 2 is 2.10 bits per heavy atom. The van der Waals surface area contributed by atoms with Crippen LogP contribution in [0.15, 0.2) is 0 Å². The van der Waals surface area contributed by atoms with Crippen molar-refractivity contribution >= 4 is 24.4 Å². The number of thiol groups is 1. The fraction of sp³-hybridized carbons (Fsp3) is 1.00. The summed E-state index contributed by atoms with van der Waals surface area (Å²) in [4.78, 5) is 0. The largest absolute Gasteiger partial charge is 0.315 e. The average Bonchev–Trinajstić information content (AvgIpc) is 1.97. The Labute approximate surface area is 73.8 Å². The Morgan fingerprint density at radius 3 is 2.70 bits per heavy atom. The first-order valence-corrected chi connectivity index (χ1v) is 5.59. The third-order valence-electron chi connectivity index (χ3n) is 1.06. The summed E-state index contributed by atoms with van der Waals surface area (Å²) in [7, 11) is 0. The zero-order valence-corrected chi connectivity index (χ0v) is 8.31. The Bertz CT molecular complexity index is 51.6. The third-order valence-corrected chi connectivity index (χ3v) is 2.47. The molecular formula is C7H17NS2. The van der Waals surface area contributed by atoms with Gasteiger partial charge < -0.3 is 5.32 Å². The van der Waals surface area contributed by atoms with Crippen molar-refractivity contribution in [3.63, 3.8) is 0 Å². The van der Waals surface area contributed by atoms with Gasteiger partial charge in [0.1, 0.15) is 0 Å². The molecule has 0 aromatic rings. The van der Waals surface area contributed by atoms with Gasteiger partial charge in [0.25, 0.3) is 0 Å². The number of hydrogen-bond acceptors (Lipinski definition) is 3. The standard InChI is InChI=1S/C7H17NS2/c1-2-6-10-7-4-8-3-5-9/h8-9H,2-7H2,1H3. The van der Waals surface area contributed by atoms with Gasteiger partial charge in [-0.2, -0.15) is 24.4 Å². The van der Waals surface area contributed by atoms with Gasteiger partial charge in [0, 0.05) is 24.6 Å². The molecule has 1 nitrogen and oxygen atoms in total. The predicted molar refractivity (Wildman–Crippen MR) is 54.3 cm³/mol. The van der Waals surface area contributed by atoms with Crippen molar-refractivity contribution in [2.24, 2.45) is 0 Å². The molecule has 0 saturated heterocycles. The summed E-state index contributed by atoms with van der Waals surface area (Å²) in [5.74, 6) is 3.47. The summed E-state index contributed by atoms with van der Waals surface area (Å²) in [6.07, 6.45) is 1.29. The van der Waals surface area contributed by atoms with Crippen LogP contribution < -0.4 is 5.32 Å². The SMILES string of the molecule is CCCSCCNCCS. The molecule has 0 saturated carbocycles. The molecule has 0 fully saturated rings. The molecule has 0 aromatic carbocycles. The Balaban J connectivity index is 2.65. The van der Waals surface area contributed by atoms with Gasteiger partial charge in [-0.15, -0.1) is 0 Å². The highest BCUT2D eigenvalue weighted by atomic mass is 32.2. The van der Waals surface area contributed by atoms with Crippen molar-refractivity contribution in [3.05, 3.63) is 0 Å². The van der Waals surface area contributed by atoms with E-state index in [2.05, 4.69) is 24.9 Å². The second kappa shape index (κ2) is 9.66. The Kier molecular flexibility index (Phi) is 10.3. The lowest BCUT2D eigenvalue weighted by Crippen LogP contribution is -2.19. The molecule has 1 N–H and O–H groups in total. The number of nitrogens with one attached hydrogen (secondary N) is 1. The number of hydrogen-bond donors (Lipinski definition) is 2. The zero-order valence-electron chi connectivity index (χ0n) is 6.60. The molecule has 0 amide bonds. The Hall–Kier alpha value is 0.660. The molecule has 0 aliphatic heterocycles. The van der Waals surface area contributed by atoms with Crippen molar-refractivity contribution in [1.29, 1.82) is 0 Å². The van der Waals surface area contributed by atoms with E-state index in [1.54, 1.807) is 0 Å². The predicted octanol–water partition coefficient (Wildman–Crippen LogP) is 1.65. The van der Waals surface area contributed by atoms with Gasteiger partial charge >= 0.3 is 0 Å². The van der Waals surface area contributed by atoms with E-state index in [9.17, 15) is 0 Å². The normalized spacial score (nSPS) is 10.2. The summed E-state index contributed by atoms with van der Waals surface area (Å²) in [6.45, 7) is 4.38. The molecule has 0 spiro atoms. The Morgan fingerprint density at radius 1 is 1.30 bits per heavy atom. The van der Waals surface area contributed by atoms with Crippen LogP contribution in [0.2, 0.25) is 0 Å². The van der Waals surface area contributed by atoms with E-state index in [0.29, 0.717) is 0 Å². The molecule has 0 heterocycles. The van der Waals surface area contributed by atoms with Gasteiger partial charge in [-0.25, -0.2) is 0 Å². The van der Waals surface area contributed by atoms with Crippen molar-refractivity contribution < 1.29 is 0 Å². The first-order chi connectivity index (χ1) is 4.91. The smallest absolute Gasteiger partial charge is 0.00581 e. The molecule has 0 aliphatic rings. The maximum atomic E-state index is 4.09. The summed E-state index contributed by atoms with van der Waals surface area (Å²) in [5, 5.41) is 3.30. The minimum Gasteiger partial charge on any atom is -0.315 e. The molecule has 0 aromatic heterocycles. The van der Waals surface area contributed by atoms with Gasteiger partial charge in [-0.1, -0.05) is 6.92 Å². The maximum absolute atomic E-state index is 4.09. The van der Waals surface area contributed by atoms with Crippen LogP contribution in [0.4, 0.5) is 0 Å². The minimum atomic E-state index is 0.943. The van der Waals surface area contributed by atoms with Crippen LogP contribution in [-0.4, -0.2) is 30.3 Å².